The zero-order valence-electron chi connectivity index (χ0n) is 12.9. The van der Waals surface area contributed by atoms with E-state index in [1.807, 2.05) is 48.6 Å². The van der Waals surface area contributed by atoms with Gasteiger partial charge in [-0.25, -0.2) is 4.98 Å². The number of aromatic nitrogens is 4. The van der Waals surface area contributed by atoms with Crippen LogP contribution >= 0.6 is 11.8 Å². The fourth-order valence-electron chi connectivity index (χ4n) is 2.61. The largest absolute Gasteiger partial charge is 0.486 e. The standard InChI is InChI=1S/C16H16N4O2S/c1-10-7-11(2)20-15(17-10)18-19-16(20)23-9-12-8-21-13-5-3-4-6-14(13)22-12/h3-7,12H,8-9H2,1-2H3/t12-/m1/s1. The van der Waals surface area contributed by atoms with Crippen LogP contribution in [0.1, 0.15) is 11.4 Å². The van der Waals surface area contributed by atoms with Gasteiger partial charge in [0.05, 0.1) is 0 Å². The Balaban J connectivity index is 1.50. The molecule has 0 unspecified atom stereocenters. The maximum absolute atomic E-state index is 5.97. The molecular formula is C16H16N4O2S. The number of hydrogen-bond acceptors (Lipinski definition) is 6. The van der Waals surface area contributed by atoms with E-state index in [1.165, 1.54) is 0 Å². The van der Waals surface area contributed by atoms with Crippen LogP contribution in [0, 0.1) is 13.8 Å². The van der Waals surface area contributed by atoms with Crippen LogP contribution in [0.3, 0.4) is 0 Å². The average Bonchev–Trinajstić information content (AvgIpc) is 2.96. The maximum Gasteiger partial charge on any atom is 0.256 e. The molecule has 0 amide bonds. The van der Waals surface area contributed by atoms with Crippen LogP contribution in [0.25, 0.3) is 5.78 Å². The fraction of sp³-hybridized carbons (Fsp3) is 0.312. The van der Waals surface area contributed by atoms with Gasteiger partial charge in [-0.2, -0.15) is 0 Å². The Kier molecular flexibility index (Phi) is 3.57. The summed E-state index contributed by atoms with van der Waals surface area (Å²) in [7, 11) is 0. The van der Waals surface area contributed by atoms with Gasteiger partial charge in [0.2, 0.25) is 0 Å². The number of fused-ring (bicyclic) bond motifs is 2. The van der Waals surface area contributed by atoms with Gasteiger partial charge in [-0.05, 0) is 32.0 Å². The Bertz CT molecular complexity index is 864. The quantitative estimate of drug-likeness (QED) is 0.689. The molecule has 1 aliphatic heterocycles. The van der Waals surface area contributed by atoms with Crippen LogP contribution in [-0.2, 0) is 0 Å². The van der Waals surface area contributed by atoms with Crippen molar-refractivity contribution in [2.75, 3.05) is 12.4 Å². The van der Waals surface area contributed by atoms with Gasteiger partial charge in [0.25, 0.3) is 5.78 Å². The van der Waals surface area contributed by atoms with E-state index in [4.69, 9.17) is 9.47 Å². The van der Waals surface area contributed by atoms with Crippen LogP contribution in [0.15, 0.2) is 35.5 Å². The van der Waals surface area contributed by atoms with E-state index in [0.717, 1.165) is 33.8 Å². The fourth-order valence-corrected chi connectivity index (χ4v) is 3.56. The Labute approximate surface area is 137 Å². The third-order valence-electron chi connectivity index (χ3n) is 3.63. The van der Waals surface area contributed by atoms with Crippen molar-refractivity contribution in [2.45, 2.75) is 25.1 Å². The first-order valence-corrected chi connectivity index (χ1v) is 8.40. The number of aryl methyl sites for hydroxylation is 2. The summed E-state index contributed by atoms with van der Waals surface area (Å²) in [5.41, 5.74) is 2.02. The number of hydrogen-bond donors (Lipinski definition) is 0. The van der Waals surface area contributed by atoms with E-state index in [-0.39, 0.29) is 6.10 Å². The highest BCUT2D eigenvalue weighted by Gasteiger charge is 2.22. The molecule has 0 saturated carbocycles. The molecule has 0 bridgehead atoms. The van der Waals surface area contributed by atoms with Crippen molar-refractivity contribution in [3.8, 4) is 11.5 Å². The molecule has 0 N–H and O–H groups in total. The third kappa shape index (κ3) is 2.72. The molecule has 4 rings (SSSR count). The van der Waals surface area contributed by atoms with Crippen molar-refractivity contribution in [3.63, 3.8) is 0 Å². The molecule has 0 fully saturated rings. The lowest BCUT2D eigenvalue weighted by atomic mass is 10.3. The highest BCUT2D eigenvalue weighted by atomic mass is 32.2. The van der Waals surface area contributed by atoms with Gasteiger partial charge in [0, 0.05) is 17.1 Å². The monoisotopic (exact) mass is 328 g/mol. The van der Waals surface area contributed by atoms with Crippen molar-refractivity contribution in [3.05, 3.63) is 41.7 Å². The molecule has 6 nitrogen and oxygen atoms in total. The Morgan fingerprint density at radius 1 is 1.22 bits per heavy atom. The normalized spacial score (nSPS) is 16.7. The molecule has 0 aliphatic carbocycles. The third-order valence-corrected chi connectivity index (χ3v) is 4.69. The van der Waals surface area contributed by atoms with Crippen LogP contribution in [0.5, 0.6) is 11.5 Å². The van der Waals surface area contributed by atoms with Crippen LogP contribution in [0.2, 0.25) is 0 Å². The SMILES string of the molecule is Cc1cc(C)n2c(SC[C@H]3COc4ccccc4O3)nnc2n1. The summed E-state index contributed by atoms with van der Waals surface area (Å²) in [6.07, 6.45) is -0.0130. The molecular weight excluding hydrogens is 312 g/mol. The van der Waals surface area contributed by atoms with Crippen LogP contribution < -0.4 is 9.47 Å². The summed E-state index contributed by atoms with van der Waals surface area (Å²) in [5.74, 6) is 2.97. The maximum atomic E-state index is 5.97. The molecule has 23 heavy (non-hydrogen) atoms. The van der Waals surface area contributed by atoms with E-state index in [0.29, 0.717) is 12.4 Å². The first-order valence-electron chi connectivity index (χ1n) is 7.41. The van der Waals surface area contributed by atoms with E-state index in [2.05, 4.69) is 15.2 Å². The molecule has 0 radical (unpaired) electrons. The molecule has 118 valence electrons. The van der Waals surface area contributed by atoms with Gasteiger partial charge < -0.3 is 9.47 Å². The zero-order valence-corrected chi connectivity index (χ0v) is 13.7. The molecule has 0 saturated heterocycles. The zero-order chi connectivity index (χ0) is 15.8. The van der Waals surface area contributed by atoms with Crippen LogP contribution in [-0.4, -0.2) is 38.0 Å². The first-order chi connectivity index (χ1) is 11.2. The van der Waals surface area contributed by atoms with Crippen molar-refractivity contribution < 1.29 is 9.47 Å². The molecule has 3 heterocycles. The van der Waals surface area contributed by atoms with E-state index in [1.54, 1.807) is 11.8 Å². The number of ether oxygens (including phenoxy) is 2. The number of rotatable bonds is 3. The average molecular weight is 328 g/mol. The second-order valence-electron chi connectivity index (χ2n) is 5.47. The minimum atomic E-state index is -0.0130. The van der Waals surface area contributed by atoms with E-state index in [9.17, 15) is 0 Å². The Morgan fingerprint density at radius 2 is 2.04 bits per heavy atom. The predicted octanol–water partition coefficient (Wildman–Crippen LogP) is 2.67. The van der Waals surface area contributed by atoms with Crippen molar-refractivity contribution >= 4 is 17.5 Å². The molecule has 1 atom stereocenters. The van der Waals surface area contributed by atoms with Crippen molar-refractivity contribution in [2.24, 2.45) is 0 Å². The second-order valence-corrected chi connectivity index (χ2v) is 6.45. The van der Waals surface area contributed by atoms with Gasteiger partial charge >= 0.3 is 0 Å². The minimum Gasteiger partial charge on any atom is -0.486 e. The number of thioether (sulfide) groups is 1. The Hall–Kier alpha value is -2.28. The second kappa shape index (κ2) is 5.73. The summed E-state index contributed by atoms with van der Waals surface area (Å²) < 4.78 is 13.7. The summed E-state index contributed by atoms with van der Waals surface area (Å²) in [6, 6.07) is 9.76. The molecule has 7 heteroatoms. The van der Waals surface area contributed by atoms with Gasteiger partial charge in [-0.3, -0.25) is 4.40 Å². The van der Waals surface area contributed by atoms with Crippen LogP contribution in [0.4, 0.5) is 0 Å². The van der Waals surface area contributed by atoms with Gasteiger partial charge in [0.1, 0.15) is 12.7 Å². The summed E-state index contributed by atoms with van der Waals surface area (Å²) >= 11 is 1.60. The molecule has 1 aliphatic rings. The lowest BCUT2D eigenvalue weighted by molar-refractivity contribution is 0.107. The summed E-state index contributed by atoms with van der Waals surface area (Å²) in [5, 5.41) is 9.22. The van der Waals surface area contributed by atoms with Crippen molar-refractivity contribution in [1.29, 1.82) is 0 Å². The van der Waals surface area contributed by atoms with E-state index >= 15 is 0 Å². The Morgan fingerprint density at radius 3 is 2.91 bits per heavy atom. The predicted molar refractivity (Wildman–Crippen MR) is 87.3 cm³/mol. The van der Waals surface area contributed by atoms with E-state index < -0.39 is 0 Å². The van der Waals surface area contributed by atoms with Gasteiger partial charge in [0.15, 0.2) is 16.7 Å². The summed E-state index contributed by atoms with van der Waals surface area (Å²) in [6.45, 7) is 4.53. The molecule has 1 aromatic carbocycles. The van der Waals surface area contributed by atoms with Gasteiger partial charge in [-0.1, -0.05) is 23.9 Å². The number of benzene rings is 1. The highest BCUT2D eigenvalue weighted by Crippen LogP contribution is 2.32. The van der Waals surface area contributed by atoms with Gasteiger partial charge in [-0.15, -0.1) is 10.2 Å². The number of nitrogens with zero attached hydrogens (tertiary/aromatic N) is 4. The lowest BCUT2D eigenvalue weighted by Gasteiger charge is -2.25. The first kappa shape index (κ1) is 14.3. The van der Waals surface area contributed by atoms with Crippen molar-refractivity contribution in [1.82, 2.24) is 19.6 Å². The molecule has 3 aromatic rings. The smallest absolute Gasteiger partial charge is 0.256 e. The minimum absolute atomic E-state index is 0.0130. The molecule has 2 aromatic heterocycles. The lowest BCUT2D eigenvalue weighted by Crippen LogP contribution is -2.31. The topological polar surface area (TPSA) is 61.5 Å². The highest BCUT2D eigenvalue weighted by molar-refractivity contribution is 7.99. The summed E-state index contributed by atoms with van der Waals surface area (Å²) in [4.78, 5) is 4.40. The molecule has 0 spiro atoms. The number of para-hydroxylation sites is 2.